The third-order valence-electron chi connectivity index (χ3n) is 7.93. The summed E-state index contributed by atoms with van der Waals surface area (Å²) in [7, 11) is 0. The zero-order chi connectivity index (χ0) is 30.4. The van der Waals surface area contributed by atoms with Gasteiger partial charge in [0.05, 0.1) is 0 Å². The molecule has 0 unspecified atom stereocenters. The molecule has 0 atom stereocenters. The van der Waals surface area contributed by atoms with Crippen LogP contribution in [0.3, 0.4) is 0 Å². The van der Waals surface area contributed by atoms with E-state index >= 15 is 0 Å². The van der Waals surface area contributed by atoms with Gasteiger partial charge in [-0.3, -0.25) is 0 Å². The monoisotopic (exact) mass is 665 g/mol. The molecule has 0 spiro atoms. The number of unbranched alkanes of at least 4 members (excludes halogenated alkanes) is 8. The van der Waals surface area contributed by atoms with Crippen molar-refractivity contribution in [2.24, 2.45) is 0 Å². The summed E-state index contributed by atoms with van der Waals surface area (Å²) in [6.07, 6.45) is 21.3. The van der Waals surface area contributed by atoms with Crippen LogP contribution in [-0.4, -0.2) is 19.5 Å². The van der Waals surface area contributed by atoms with E-state index in [9.17, 15) is 0 Å². The van der Waals surface area contributed by atoms with Crippen molar-refractivity contribution in [2.45, 2.75) is 110 Å². The second-order valence-corrected chi connectivity index (χ2v) is 17.4. The van der Waals surface area contributed by atoms with Crippen LogP contribution in [0.15, 0.2) is 97.1 Å². The van der Waals surface area contributed by atoms with Gasteiger partial charge in [-0.15, -0.1) is 0 Å². The lowest BCUT2D eigenvalue weighted by molar-refractivity contribution is -0.148. The topological polar surface area (TPSA) is 18.5 Å². The Bertz CT molecular complexity index is 1070. The molecule has 43 heavy (non-hydrogen) atoms. The first kappa shape index (κ1) is 35.7. The maximum Gasteiger partial charge on any atom is 0.181 e. The van der Waals surface area contributed by atoms with Gasteiger partial charge in [-0.25, -0.2) is 0 Å². The molecule has 3 aromatic rings. The molecule has 0 fully saturated rings. The standard InChI is InChI=1S/C39H55BrO2P/c1-3-5-21-33-41-39(42-34-22-6-4-2)28-20-12-10-8-7-9-11-15-23-35-29-31-38(32-30-35)43(40,36-24-16-13-17-25-36)37-26-18-14-19-27-37/h7,9,13-14,16-19,24-27,29-32,39H,3-6,8,10-12,15,20-23,28,33-34H2,1-2H3/q+1/b9-7-. The van der Waals surface area contributed by atoms with Gasteiger partial charge in [0.25, 0.3) is 0 Å². The van der Waals surface area contributed by atoms with Gasteiger partial charge in [0, 0.05) is 13.2 Å². The first-order chi connectivity index (χ1) is 21.2. The fourth-order valence-electron chi connectivity index (χ4n) is 5.34. The quantitative estimate of drug-likeness (QED) is 0.0434. The second-order valence-electron chi connectivity index (χ2n) is 11.5. The van der Waals surface area contributed by atoms with Gasteiger partial charge >= 0.3 is 0 Å². The Balaban J connectivity index is 1.35. The van der Waals surface area contributed by atoms with Crippen molar-refractivity contribution in [3.63, 3.8) is 0 Å². The molecule has 0 aromatic heterocycles. The van der Waals surface area contributed by atoms with Crippen molar-refractivity contribution in [2.75, 3.05) is 13.2 Å². The molecule has 234 valence electrons. The number of benzene rings is 3. The van der Waals surface area contributed by atoms with Crippen LogP contribution in [0.4, 0.5) is 0 Å². The molecule has 0 aliphatic heterocycles. The smallest absolute Gasteiger partial charge is 0.181 e. The Morgan fingerprint density at radius 3 is 1.63 bits per heavy atom. The van der Waals surface area contributed by atoms with Crippen molar-refractivity contribution in [3.8, 4) is 0 Å². The second kappa shape index (κ2) is 21.9. The fraction of sp³-hybridized carbons (Fsp3) is 0.487. The largest absolute Gasteiger partial charge is 0.353 e. The van der Waals surface area contributed by atoms with E-state index in [-0.39, 0.29) is 6.29 Å². The Morgan fingerprint density at radius 1 is 0.581 bits per heavy atom. The molecule has 0 saturated heterocycles. The van der Waals surface area contributed by atoms with Crippen LogP contribution in [0.2, 0.25) is 0 Å². The summed E-state index contributed by atoms with van der Waals surface area (Å²) < 4.78 is 12.1. The Hall–Kier alpha value is -1.77. The number of ether oxygens (including phenoxy) is 2. The van der Waals surface area contributed by atoms with E-state index < -0.39 is 5.96 Å². The van der Waals surface area contributed by atoms with Gasteiger partial charge in [-0.2, -0.15) is 0 Å². The molecule has 3 rings (SSSR count). The van der Waals surface area contributed by atoms with Crippen LogP contribution in [0.5, 0.6) is 0 Å². The zero-order valence-corrected chi connectivity index (χ0v) is 29.3. The molecule has 4 heteroatoms. The summed E-state index contributed by atoms with van der Waals surface area (Å²) in [5.74, 6) is -1.83. The van der Waals surface area contributed by atoms with Gasteiger partial charge in [0.1, 0.15) is 15.9 Å². The number of allylic oxidation sites excluding steroid dienone is 2. The summed E-state index contributed by atoms with van der Waals surface area (Å²) >= 11 is 4.26. The zero-order valence-electron chi connectivity index (χ0n) is 26.8. The van der Waals surface area contributed by atoms with E-state index in [1.807, 2.05) is 0 Å². The highest BCUT2D eigenvalue weighted by molar-refractivity contribution is 9.44. The average molecular weight is 667 g/mol. The number of rotatable bonds is 23. The normalized spacial score (nSPS) is 12.0. The highest BCUT2D eigenvalue weighted by Crippen LogP contribution is 2.62. The van der Waals surface area contributed by atoms with Crippen molar-refractivity contribution in [1.82, 2.24) is 0 Å². The third kappa shape index (κ3) is 13.0. The Morgan fingerprint density at radius 2 is 1.09 bits per heavy atom. The molecular weight excluding hydrogens is 611 g/mol. The first-order valence-electron chi connectivity index (χ1n) is 16.9. The van der Waals surface area contributed by atoms with Crippen LogP contribution in [0.1, 0.15) is 103 Å². The van der Waals surface area contributed by atoms with Gasteiger partial charge in [0.15, 0.2) is 27.7 Å². The minimum atomic E-state index is -1.83. The number of hydrogen-bond donors (Lipinski definition) is 0. The minimum Gasteiger partial charge on any atom is -0.353 e. The van der Waals surface area contributed by atoms with E-state index in [0.717, 1.165) is 45.3 Å². The van der Waals surface area contributed by atoms with E-state index in [1.165, 1.54) is 79.3 Å². The summed E-state index contributed by atoms with van der Waals surface area (Å²) in [5.41, 5.74) is 1.42. The summed E-state index contributed by atoms with van der Waals surface area (Å²) in [5, 5.41) is 4.07. The summed E-state index contributed by atoms with van der Waals surface area (Å²) in [4.78, 5) is 0. The molecule has 0 saturated carbocycles. The van der Waals surface area contributed by atoms with Crippen molar-refractivity contribution >= 4 is 37.4 Å². The molecule has 3 aromatic carbocycles. The Labute approximate surface area is 271 Å². The van der Waals surface area contributed by atoms with Crippen LogP contribution in [-0.2, 0) is 15.9 Å². The predicted octanol–water partition coefficient (Wildman–Crippen LogP) is 10.9. The molecular formula is C39H55BrO2P+. The van der Waals surface area contributed by atoms with Gasteiger partial charge in [-0.05, 0) is 99.7 Å². The van der Waals surface area contributed by atoms with Crippen LogP contribution in [0.25, 0.3) is 0 Å². The molecule has 0 bridgehead atoms. The maximum absolute atomic E-state index is 6.06. The minimum absolute atomic E-state index is 0.0113. The first-order valence-corrected chi connectivity index (χ1v) is 20.7. The average Bonchev–Trinajstić information content (AvgIpc) is 3.06. The van der Waals surface area contributed by atoms with Crippen molar-refractivity contribution < 1.29 is 9.47 Å². The van der Waals surface area contributed by atoms with Gasteiger partial charge in [-0.1, -0.05) is 107 Å². The Kier molecular flexibility index (Phi) is 18.1. The van der Waals surface area contributed by atoms with E-state index in [4.69, 9.17) is 9.47 Å². The van der Waals surface area contributed by atoms with Crippen LogP contribution in [0, 0.1) is 0 Å². The molecule has 0 heterocycles. The number of halogens is 1. The lowest BCUT2D eigenvalue weighted by atomic mass is 10.1. The predicted molar refractivity (Wildman–Crippen MR) is 194 cm³/mol. The van der Waals surface area contributed by atoms with E-state index in [0.29, 0.717) is 0 Å². The molecule has 0 N–H and O–H groups in total. The van der Waals surface area contributed by atoms with E-state index in [2.05, 4.69) is 126 Å². The number of aryl methyl sites for hydroxylation is 1. The lowest BCUT2D eigenvalue weighted by Crippen LogP contribution is -2.26. The molecule has 2 nitrogen and oxygen atoms in total. The third-order valence-corrected chi connectivity index (χ3v) is 14.6. The number of hydrogen-bond acceptors (Lipinski definition) is 2. The van der Waals surface area contributed by atoms with Crippen LogP contribution < -0.4 is 15.9 Å². The fourth-order valence-corrected chi connectivity index (χ4v) is 10.1. The van der Waals surface area contributed by atoms with Crippen molar-refractivity contribution in [1.29, 1.82) is 0 Å². The van der Waals surface area contributed by atoms with Gasteiger partial charge in [0.2, 0.25) is 0 Å². The highest BCUT2D eigenvalue weighted by atomic mass is 79.9. The lowest BCUT2D eigenvalue weighted by Gasteiger charge is -2.20. The van der Waals surface area contributed by atoms with Gasteiger partial charge < -0.3 is 9.47 Å². The highest BCUT2D eigenvalue weighted by Gasteiger charge is 2.43. The summed E-state index contributed by atoms with van der Waals surface area (Å²) in [6.45, 7) is 6.14. The van der Waals surface area contributed by atoms with Crippen molar-refractivity contribution in [3.05, 3.63) is 103 Å². The SMILES string of the molecule is CCCCCOC(CCCCC/C=C\CCCc1ccc([P+](Br)(c2ccccc2)c2ccccc2)cc1)OCCCCC. The molecule has 0 aliphatic carbocycles. The molecule has 0 radical (unpaired) electrons. The maximum atomic E-state index is 6.06. The molecule has 0 aliphatic rings. The van der Waals surface area contributed by atoms with Crippen LogP contribution >= 0.6 is 21.5 Å². The van der Waals surface area contributed by atoms with E-state index in [1.54, 1.807) is 0 Å². The molecule has 0 amide bonds. The summed E-state index contributed by atoms with van der Waals surface area (Å²) in [6, 6.07) is 31.1.